The number of nitrogens with zero attached hydrogens (tertiary/aromatic N) is 3. The Bertz CT molecular complexity index is 1360. The Morgan fingerprint density at radius 2 is 1.86 bits per heavy atom. The predicted molar refractivity (Wildman–Crippen MR) is 117 cm³/mol. The van der Waals surface area contributed by atoms with Crippen LogP contribution in [0.4, 0.5) is 27.6 Å². The van der Waals surface area contributed by atoms with E-state index in [9.17, 15) is 26.7 Å². The average molecular weight is 490 g/mol. The lowest BCUT2D eigenvalue weighted by Crippen LogP contribution is -2.17. The molecule has 0 aliphatic carbocycles. The van der Waals surface area contributed by atoms with Gasteiger partial charge in [0.15, 0.2) is 0 Å². The highest BCUT2D eigenvalue weighted by atomic mass is 19.4. The molecular formula is C24H19F5N4O2. The van der Waals surface area contributed by atoms with Gasteiger partial charge >= 0.3 is 6.18 Å². The van der Waals surface area contributed by atoms with E-state index in [1.807, 2.05) is 0 Å². The summed E-state index contributed by atoms with van der Waals surface area (Å²) in [7, 11) is 0. The predicted octanol–water partition coefficient (Wildman–Crippen LogP) is 6.28. The molecule has 0 aliphatic heterocycles. The van der Waals surface area contributed by atoms with Gasteiger partial charge in [-0.05, 0) is 42.8 Å². The summed E-state index contributed by atoms with van der Waals surface area (Å²) in [5.41, 5.74) is -0.326. The average Bonchev–Trinajstić information content (AvgIpc) is 3.44. The number of amides is 1. The molecule has 0 bridgehead atoms. The summed E-state index contributed by atoms with van der Waals surface area (Å²) >= 11 is 0. The second-order valence-electron chi connectivity index (χ2n) is 7.95. The minimum Gasteiger partial charge on any atom is -0.464 e. The Labute approximate surface area is 196 Å². The van der Waals surface area contributed by atoms with Crippen LogP contribution in [0.15, 0.2) is 65.7 Å². The lowest BCUT2D eigenvalue weighted by Gasteiger charge is -2.19. The molecule has 3 heterocycles. The molecule has 4 rings (SSSR count). The first-order chi connectivity index (χ1) is 16.4. The molecule has 11 heteroatoms. The molecule has 0 aliphatic rings. The minimum absolute atomic E-state index is 0.0232. The molecule has 0 atom stereocenters. The van der Waals surface area contributed by atoms with Crippen LogP contribution in [0.3, 0.4) is 0 Å². The SMILES string of the molecule is Cc1c(NC(=O)c2cncc(-c3ccco3)c2)cnn1Cc1ccc(C(F)(F)F)cc1C(C)(F)F. The van der Waals surface area contributed by atoms with E-state index in [1.54, 1.807) is 31.3 Å². The monoisotopic (exact) mass is 490 g/mol. The first kappa shape index (κ1) is 24.1. The number of aromatic nitrogens is 3. The second-order valence-corrected chi connectivity index (χ2v) is 7.95. The van der Waals surface area contributed by atoms with Crippen molar-refractivity contribution in [2.45, 2.75) is 32.5 Å². The van der Waals surface area contributed by atoms with Crippen molar-refractivity contribution < 1.29 is 31.2 Å². The van der Waals surface area contributed by atoms with Gasteiger partial charge in [0, 0.05) is 30.4 Å². The van der Waals surface area contributed by atoms with Crippen LogP contribution in [-0.4, -0.2) is 20.7 Å². The summed E-state index contributed by atoms with van der Waals surface area (Å²) in [5, 5.41) is 6.80. The van der Waals surface area contributed by atoms with Crippen molar-refractivity contribution in [3.63, 3.8) is 0 Å². The van der Waals surface area contributed by atoms with Gasteiger partial charge in [-0.25, -0.2) is 8.78 Å². The largest absolute Gasteiger partial charge is 0.464 e. The third-order valence-corrected chi connectivity index (χ3v) is 5.39. The van der Waals surface area contributed by atoms with Crippen LogP contribution in [0.1, 0.15) is 39.7 Å². The molecule has 6 nitrogen and oxygen atoms in total. The Kier molecular flexibility index (Phi) is 6.18. The number of pyridine rings is 1. The molecule has 35 heavy (non-hydrogen) atoms. The Hall–Kier alpha value is -4.02. The first-order valence-electron chi connectivity index (χ1n) is 10.3. The number of carbonyl (C=O) groups excluding carboxylic acids is 1. The molecule has 1 N–H and O–H groups in total. The van der Waals surface area contributed by atoms with Crippen molar-refractivity contribution in [3.05, 3.63) is 89.2 Å². The molecular weight excluding hydrogens is 471 g/mol. The van der Waals surface area contributed by atoms with Crippen molar-refractivity contribution in [2.75, 3.05) is 5.32 Å². The quantitative estimate of drug-likeness (QED) is 0.323. The number of carbonyl (C=O) groups is 1. The van der Waals surface area contributed by atoms with Crippen molar-refractivity contribution in [2.24, 2.45) is 0 Å². The van der Waals surface area contributed by atoms with E-state index in [0.29, 0.717) is 35.7 Å². The standard InChI is InChI=1S/C24H19F5N4O2/c1-14-20(32-22(34)17-8-16(10-30-11-17)21-4-3-7-35-21)12-31-33(14)13-15-5-6-18(24(27,28)29)9-19(15)23(2,25)26/h3-12H,13H2,1-2H3,(H,32,34). The number of rotatable bonds is 6. The van der Waals surface area contributed by atoms with E-state index < -0.39 is 29.1 Å². The fraction of sp³-hybridized carbons (Fsp3) is 0.208. The van der Waals surface area contributed by atoms with Gasteiger partial charge in [-0.2, -0.15) is 18.3 Å². The lowest BCUT2D eigenvalue weighted by atomic mass is 9.99. The number of furan rings is 1. The van der Waals surface area contributed by atoms with Crippen LogP contribution in [0.5, 0.6) is 0 Å². The number of benzene rings is 1. The molecule has 182 valence electrons. The Balaban J connectivity index is 1.56. The van der Waals surface area contributed by atoms with Gasteiger partial charge in [0.2, 0.25) is 0 Å². The molecule has 0 saturated carbocycles. The number of alkyl halides is 5. The van der Waals surface area contributed by atoms with E-state index in [-0.39, 0.29) is 17.7 Å². The van der Waals surface area contributed by atoms with Crippen molar-refractivity contribution in [1.29, 1.82) is 0 Å². The highest BCUT2D eigenvalue weighted by molar-refractivity contribution is 6.04. The van der Waals surface area contributed by atoms with Crippen LogP contribution < -0.4 is 5.32 Å². The van der Waals surface area contributed by atoms with Gasteiger partial charge in [-0.1, -0.05) is 6.07 Å². The Morgan fingerprint density at radius 1 is 1.09 bits per heavy atom. The zero-order valence-electron chi connectivity index (χ0n) is 18.5. The number of hydrogen-bond donors (Lipinski definition) is 1. The fourth-order valence-corrected chi connectivity index (χ4v) is 3.53. The van der Waals surface area contributed by atoms with E-state index in [4.69, 9.17) is 4.42 Å². The number of nitrogens with one attached hydrogen (secondary N) is 1. The van der Waals surface area contributed by atoms with E-state index in [1.165, 1.54) is 23.3 Å². The van der Waals surface area contributed by atoms with Gasteiger partial charge in [-0.15, -0.1) is 0 Å². The summed E-state index contributed by atoms with van der Waals surface area (Å²) in [6, 6.07) is 7.25. The molecule has 0 fully saturated rings. The van der Waals surface area contributed by atoms with Crippen molar-refractivity contribution >= 4 is 11.6 Å². The number of hydrogen-bond acceptors (Lipinski definition) is 4. The van der Waals surface area contributed by atoms with Gasteiger partial charge in [0.1, 0.15) is 5.76 Å². The molecule has 0 unspecified atom stereocenters. The van der Waals surface area contributed by atoms with E-state index in [2.05, 4.69) is 15.4 Å². The van der Waals surface area contributed by atoms with Crippen LogP contribution in [-0.2, 0) is 18.6 Å². The van der Waals surface area contributed by atoms with Crippen LogP contribution in [0, 0.1) is 6.92 Å². The Morgan fingerprint density at radius 3 is 2.51 bits per heavy atom. The zero-order chi connectivity index (χ0) is 25.4. The maximum absolute atomic E-state index is 14.1. The fourth-order valence-electron chi connectivity index (χ4n) is 3.53. The molecule has 3 aromatic heterocycles. The summed E-state index contributed by atoms with van der Waals surface area (Å²) in [5.74, 6) is -3.44. The van der Waals surface area contributed by atoms with Gasteiger partial charge in [-0.3, -0.25) is 14.5 Å². The molecule has 0 radical (unpaired) electrons. The topological polar surface area (TPSA) is 73.0 Å². The van der Waals surface area contributed by atoms with Crippen LogP contribution in [0.2, 0.25) is 0 Å². The summed E-state index contributed by atoms with van der Waals surface area (Å²) in [6.07, 6.45) is 1.01. The first-order valence-corrected chi connectivity index (χ1v) is 10.3. The van der Waals surface area contributed by atoms with E-state index in [0.717, 1.165) is 12.1 Å². The third kappa shape index (κ3) is 5.23. The normalized spacial score (nSPS) is 12.1. The highest BCUT2D eigenvalue weighted by Crippen LogP contribution is 2.36. The molecule has 0 saturated heterocycles. The zero-order valence-corrected chi connectivity index (χ0v) is 18.5. The van der Waals surface area contributed by atoms with Crippen molar-refractivity contribution in [3.8, 4) is 11.3 Å². The molecule has 1 amide bonds. The summed E-state index contributed by atoms with van der Waals surface area (Å²) in [6.45, 7) is 1.93. The second kappa shape index (κ2) is 8.97. The lowest BCUT2D eigenvalue weighted by molar-refractivity contribution is -0.137. The maximum Gasteiger partial charge on any atom is 0.416 e. The maximum atomic E-state index is 14.1. The minimum atomic E-state index is -4.75. The molecule has 0 spiro atoms. The van der Waals surface area contributed by atoms with Crippen molar-refractivity contribution in [1.82, 2.24) is 14.8 Å². The van der Waals surface area contributed by atoms with Gasteiger partial charge in [0.25, 0.3) is 11.8 Å². The van der Waals surface area contributed by atoms with Crippen LogP contribution >= 0.6 is 0 Å². The number of anilines is 1. The number of halogens is 5. The van der Waals surface area contributed by atoms with Crippen LogP contribution in [0.25, 0.3) is 11.3 Å². The van der Waals surface area contributed by atoms with Gasteiger partial charge in [0.05, 0.1) is 41.5 Å². The highest BCUT2D eigenvalue weighted by Gasteiger charge is 2.35. The van der Waals surface area contributed by atoms with E-state index >= 15 is 0 Å². The summed E-state index contributed by atoms with van der Waals surface area (Å²) in [4.78, 5) is 16.8. The third-order valence-electron chi connectivity index (χ3n) is 5.39. The molecule has 1 aromatic carbocycles. The molecule has 4 aromatic rings. The smallest absolute Gasteiger partial charge is 0.416 e. The van der Waals surface area contributed by atoms with Gasteiger partial charge < -0.3 is 9.73 Å². The summed E-state index contributed by atoms with van der Waals surface area (Å²) < 4.78 is 74.0.